The van der Waals surface area contributed by atoms with E-state index in [4.69, 9.17) is 31.7 Å². The van der Waals surface area contributed by atoms with Crippen molar-refractivity contribution in [3.63, 3.8) is 0 Å². The second kappa shape index (κ2) is 23.4. The number of likely N-dealkylation sites (tertiary alicyclic amines) is 1. The number of rotatable bonds is 12. The van der Waals surface area contributed by atoms with Gasteiger partial charge in [0.2, 0.25) is 11.8 Å². The number of piperidine rings is 1. The van der Waals surface area contributed by atoms with E-state index in [1.807, 2.05) is 37.4 Å². The van der Waals surface area contributed by atoms with Gasteiger partial charge in [-0.2, -0.15) is 0 Å². The van der Waals surface area contributed by atoms with Gasteiger partial charge in [0.05, 0.1) is 28.7 Å². The number of esters is 1. The number of likely N-dealkylation sites (N-methyl/N-ethyl adjacent to an activating group) is 2. The molecule has 1 aromatic carbocycles. The zero-order valence-corrected chi connectivity index (χ0v) is 43.2. The Kier molecular flexibility index (Phi) is 17.9. The minimum Gasteiger partial charge on any atom is -0.465 e. The zero-order valence-electron chi connectivity index (χ0n) is 41.6. The lowest BCUT2D eigenvalue weighted by molar-refractivity contribution is -0.146. The number of hydrogen-bond acceptors (Lipinski definition) is 12. The van der Waals surface area contributed by atoms with Gasteiger partial charge in [-0.3, -0.25) is 29.2 Å². The number of pyridine rings is 1. The Morgan fingerprint density at radius 2 is 1.90 bits per heavy atom. The van der Waals surface area contributed by atoms with Crippen LogP contribution in [0.5, 0.6) is 0 Å². The second-order valence-electron chi connectivity index (χ2n) is 19.1. The first-order valence-corrected chi connectivity index (χ1v) is 25.2. The average Bonchev–Trinajstić information content (AvgIpc) is 3.93. The quantitative estimate of drug-likeness (QED) is 0.0851. The van der Waals surface area contributed by atoms with Gasteiger partial charge in [-0.25, -0.2) is 15.2 Å². The Balaban J connectivity index is 1.38. The summed E-state index contributed by atoms with van der Waals surface area (Å²) < 4.78 is 14.0. The molecule has 0 spiro atoms. The van der Waals surface area contributed by atoms with Crippen molar-refractivity contribution < 1.29 is 33.4 Å². The molecule has 4 atom stereocenters. The third kappa shape index (κ3) is 12.1. The Labute approximate surface area is 415 Å². The molecule has 6 rings (SSSR count). The topological polar surface area (TPSA) is 172 Å². The van der Waals surface area contributed by atoms with Crippen LogP contribution in [0.4, 0.5) is 4.79 Å². The number of aryl methyl sites for hydroxylation is 1. The Bertz CT molecular complexity index is 2520. The maximum absolute atomic E-state index is 14.6. The predicted molar refractivity (Wildman–Crippen MR) is 273 cm³/mol. The van der Waals surface area contributed by atoms with E-state index in [1.54, 1.807) is 49.6 Å². The molecule has 69 heavy (non-hydrogen) atoms. The zero-order chi connectivity index (χ0) is 50.2. The van der Waals surface area contributed by atoms with E-state index in [9.17, 15) is 24.0 Å². The number of benzene rings is 1. The fraction of sp³-hybridized carbons (Fsp3) is 0.529. The van der Waals surface area contributed by atoms with Crippen LogP contribution in [0.2, 0.25) is 0 Å². The van der Waals surface area contributed by atoms with Gasteiger partial charge < -0.3 is 34.1 Å². The number of thiazole rings is 1. The van der Waals surface area contributed by atoms with E-state index < -0.39 is 29.5 Å². The molecule has 2 N–H and O–H groups in total. The molecule has 1 saturated heterocycles. The molecule has 1 fully saturated rings. The van der Waals surface area contributed by atoms with Gasteiger partial charge in [0.25, 0.3) is 5.91 Å². The number of amides is 5. The minimum atomic E-state index is -1.06. The molecular weight excluding hydrogens is 915 g/mol. The number of aromatic nitrogens is 3. The first-order chi connectivity index (χ1) is 33.0. The van der Waals surface area contributed by atoms with E-state index in [1.165, 1.54) is 27.3 Å². The number of hydrazine groups is 1. The fourth-order valence-corrected chi connectivity index (χ4v) is 10.7. The summed E-state index contributed by atoms with van der Waals surface area (Å²) in [6.07, 6.45) is 5.70. The van der Waals surface area contributed by atoms with E-state index in [-0.39, 0.29) is 61.8 Å². The molecule has 2 aliphatic rings. The maximum atomic E-state index is 14.6. The number of urea groups is 1. The van der Waals surface area contributed by atoms with Crippen molar-refractivity contribution in [1.82, 2.24) is 45.0 Å². The standard InChI is InChI=1S/C51H69N9O7S2/c1-11-43(61)56(8)34-17-16-23-58(28-34)50(65)57(9)46(32(3)4)48(63)55-38-26-42-54-39(30-69-42)33-20-21-40-36(25-33)37(47(59(40)12-2)35-18-15-22-53-45(35)41(29-68)66-10)27-51(5,6)31-67-44(62)19-13-14-24-60(52-7)49(38)64/h11,15,18,20-22,25,29-30,32,34,38,41,46,52H,1,12-14,16-17,19,23-24,26-28,31H2,2-10H3,(H,55,63)/t34-,38+,41+,46+/m1/s1. The van der Waals surface area contributed by atoms with E-state index in [0.717, 1.165) is 39.7 Å². The van der Waals surface area contributed by atoms with Crippen molar-refractivity contribution in [3.05, 3.63) is 70.8 Å². The van der Waals surface area contributed by atoms with Gasteiger partial charge in [0, 0.05) is 118 Å². The van der Waals surface area contributed by atoms with Gasteiger partial charge in [-0.15, -0.1) is 11.3 Å². The summed E-state index contributed by atoms with van der Waals surface area (Å²) in [5.74, 6) is -1.73. The molecule has 0 saturated carbocycles. The molecule has 2 aliphatic heterocycles. The van der Waals surface area contributed by atoms with Crippen molar-refractivity contribution in [2.45, 2.75) is 110 Å². The van der Waals surface area contributed by atoms with Crippen LogP contribution < -0.4 is 10.7 Å². The smallest absolute Gasteiger partial charge is 0.320 e. The largest absolute Gasteiger partial charge is 0.465 e. The van der Waals surface area contributed by atoms with Crippen LogP contribution in [0.1, 0.15) is 89.1 Å². The summed E-state index contributed by atoms with van der Waals surface area (Å²) in [5, 5.41) is 9.70. The van der Waals surface area contributed by atoms with Gasteiger partial charge in [-0.1, -0.05) is 52.6 Å². The number of cyclic esters (lactones) is 1. The number of nitrogens with zero attached hydrogens (tertiary/aromatic N) is 7. The molecule has 0 aliphatic carbocycles. The van der Waals surface area contributed by atoms with Crippen LogP contribution in [0, 0.1) is 11.3 Å². The first-order valence-electron chi connectivity index (χ1n) is 23.9. The van der Waals surface area contributed by atoms with Gasteiger partial charge >= 0.3 is 12.0 Å². The molecule has 0 unspecified atom stereocenters. The summed E-state index contributed by atoms with van der Waals surface area (Å²) >= 11 is 6.81. The molecule has 3 aromatic heterocycles. The van der Waals surface area contributed by atoms with Crippen LogP contribution in [0.3, 0.4) is 0 Å². The number of thiocarbonyl (C=S) groups is 1. The molecule has 4 bridgehead atoms. The van der Waals surface area contributed by atoms with Crippen LogP contribution >= 0.6 is 23.6 Å². The monoisotopic (exact) mass is 983 g/mol. The first kappa shape index (κ1) is 52.8. The minimum absolute atomic E-state index is 0.0854. The summed E-state index contributed by atoms with van der Waals surface area (Å²) in [4.78, 5) is 83.6. The summed E-state index contributed by atoms with van der Waals surface area (Å²) in [6, 6.07) is 7.75. The van der Waals surface area contributed by atoms with Crippen LogP contribution in [-0.2, 0) is 48.0 Å². The SMILES string of the molecule is C=CC(=O)N(C)[C@@H]1CCCN(C(=O)N(C)[C@H](C(=O)N[C@H]2Cc3nc(cs3)-c3ccc4c(c3)c(c(-c3cccnc3[C@H](C=S)OC)n4CC)CC(C)(C)COC(=O)CCCCN(NC)C2=O)C(C)C)C1. The molecule has 0 radical (unpaired) electrons. The van der Waals surface area contributed by atoms with Gasteiger partial charge in [0.1, 0.15) is 18.2 Å². The van der Waals surface area contributed by atoms with Crippen LogP contribution in [0.25, 0.3) is 33.4 Å². The van der Waals surface area contributed by atoms with Gasteiger partial charge in [0.15, 0.2) is 0 Å². The highest BCUT2D eigenvalue weighted by Crippen LogP contribution is 2.42. The third-order valence-corrected chi connectivity index (χ3v) is 14.4. The third-order valence-electron chi connectivity index (χ3n) is 13.2. The molecule has 4 aromatic rings. The molecule has 16 nitrogen and oxygen atoms in total. The Morgan fingerprint density at radius 1 is 1.13 bits per heavy atom. The Hall–Kier alpha value is -5.56. The molecular formula is C51H69N9O7S2. The summed E-state index contributed by atoms with van der Waals surface area (Å²) in [6.45, 7) is 15.6. The lowest BCUT2D eigenvalue weighted by atomic mass is 9.84. The molecule has 372 valence electrons. The van der Waals surface area contributed by atoms with E-state index in [2.05, 4.69) is 54.8 Å². The molecule has 5 heterocycles. The number of methoxy groups -OCH3 is 1. The van der Waals surface area contributed by atoms with Crippen molar-refractivity contribution in [3.8, 4) is 22.5 Å². The van der Waals surface area contributed by atoms with E-state index >= 15 is 0 Å². The highest BCUT2D eigenvalue weighted by Gasteiger charge is 2.38. The summed E-state index contributed by atoms with van der Waals surface area (Å²) in [5.41, 5.74) is 8.78. The number of nitrogens with one attached hydrogen (secondary N) is 2. The normalized spacial score (nSPS) is 19.2. The number of carbonyl (C=O) groups is 5. The van der Waals surface area contributed by atoms with Crippen molar-refractivity contribution in [2.75, 3.05) is 54.5 Å². The number of fused-ring (bicyclic) bond motifs is 4. The van der Waals surface area contributed by atoms with Gasteiger partial charge in [-0.05, 0) is 80.9 Å². The van der Waals surface area contributed by atoms with Crippen LogP contribution in [0.15, 0.2) is 54.6 Å². The lowest BCUT2D eigenvalue weighted by Gasteiger charge is -2.41. The Morgan fingerprint density at radius 3 is 2.58 bits per heavy atom. The number of hydrogen-bond donors (Lipinski definition) is 2. The molecule has 5 amide bonds. The summed E-state index contributed by atoms with van der Waals surface area (Å²) in [7, 11) is 6.57. The highest BCUT2D eigenvalue weighted by atomic mass is 32.1. The number of carbonyl (C=O) groups excluding carboxylic acids is 5. The maximum Gasteiger partial charge on any atom is 0.320 e. The van der Waals surface area contributed by atoms with Crippen molar-refractivity contribution >= 4 is 69.5 Å². The number of ether oxygens (including phenoxy) is 2. The fourth-order valence-electron chi connectivity index (χ4n) is 9.62. The predicted octanol–water partition coefficient (Wildman–Crippen LogP) is 7.01. The van der Waals surface area contributed by atoms with Crippen molar-refractivity contribution in [1.29, 1.82) is 0 Å². The second-order valence-corrected chi connectivity index (χ2v) is 20.3. The van der Waals surface area contributed by atoms with Crippen molar-refractivity contribution in [2.24, 2.45) is 11.3 Å². The van der Waals surface area contributed by atoms with E-state index in [0.29, 0.717) is 61.7 Å². The lowest BCUT2D eigenvalue weighted by Crippen LogP contribution is -2.60. The van der Waals surface area contributed by atoms with Crippen LogP contribution in [-0.4, -0.2) is 142 Å². The molecule has 18 heteroatoms. The highest BCUT2D eigenvalue weighted by molar-refractivity contribution is 7.79. The average molecular weight is 984 g/mol.